The van der Waals surface area contributed by atoms with Gasteiger partial charge in [0.25, 0.3) is 0 Å². The van der Waals surface area contributed by atoms with E-state index in [2.05, 4.69) is 0 Å². The van der Waals surface area contributed by atoms with Gasteiger partial charge in [0, 0.05) is 9.79 Å². The quantitative estimate of drug-likeness (QED) is 0.781. The maximum absolute atomic E-state index is 13.3. The molecule has 1 nitrogen and oxygen atoms in total. The fraction of sp³-hybridized carbons (Fsp3) is 0. The van der Waals surface area contributed by atoms with Gasteiger partial charge in [-0.1, -0.05) is 23.9 Å². The van der Waals surface area contributed by atoms with Crippen LogP contribution in [0.4, 0.5) is 4.39 Å². The molecule has 3 heteroatoms. The van der Waals surface area contributed by atoms with Crippen molar-refractivity contribution in [3.05, 3.63) is 59.9 Å². The largest absolute Gasteiger partial charge is 0.206 e. The topological polar surface area (TPSA) is 23.8 Å². The number of rotatable bonds is 2. The second-order valence-electron chi connectivity index (χ2n) is 3.17. The van der Waals surface area contributed by atoms with Gasteiger partial charge in [-0.2, -0.15) is 5.26 Å². The Labute approximate surface area is 97.5 Å². The Hall–Kier alpha value is -1.79. The third-order valence-electron chi connectivity index (χ3n) is 2.05. The van der Waals surface area contributed by atoms with Gasteiger partial charge in [-0.05, 0) is 36.4 Å². The van der Waals surface area contributed by atoms with Crippen LogP contribution in [-0.4, -0.2) is 0 Å². The summed E-state index contributed by atoms with van der Waals surface area (Å²) in [5.41, 5.74) is 0.609. The van der Waals surface area contributed by atoms with Gasteiger partial charge in [0.05, 0.1) is 11.6 Å². The first-order valence-electron chi connectivity index (χ1n) is 4.72. The second kappa shape index (κ2) is 4.82. The van der Waals surface area contributed by atoms with Crippen LogP contribution in [0.2, 0.25) is 0 Å². The molecule has 0 aliphatic heterocycles. The van der Waals surface area contributed by atoms with Crippen molar-refractivity contribution in [3.63, 3.8) is 0 Å². The van der Waals surface area contributed by atoms with Crippen molar-refractivity contribution in [2.45, 2.75) is 9.79 Å². The van der Waals surface area contributed by atoms with Crippen LogP contribution in [0.1, 0.15) is 5.56 Å². The van der Waals surface area contributed by atoms with Crippen LogP contribution in [0, 0.1) is 17.1 Å². The minimum absolute atomic E-state index is 0.225. The Kier molecular flexibility index (Phi) is 3.23. The van der Waals surface area contributed by atoms with Gasteiger partial charge in [0.2, 0.25) is 0 Å². The zero-order valence-corrected chi connectivity index (χ0v) is 9.17. The molecular weight excluding hydrogens is 221 g/mol. The zero-order chi connectivity index (χ0) is 11.4. The third-order valence-corrected chi connectivity index (χ3v) is 3.11. The van der Waals surface area contributed by atoms with Gasteiger partial charge in [-0.25, -0.2) is 4.39 Å². The monoisotopic (exact) mass is 229 g/mol. The molecule has 0 spiro atoms. The Morgan fingerprint density at radius 3 is 2.31 bits per heavy atom. The molecule has 0 aliphatic carbocycles. The average molecular weight is 229 g/mol. The molecule has 78 valence electrons. The van der Waals surface area contributed by atoms with E-state index in [0.29, 0.717) is 10.5 Å². The molecule has 0 N–H and O–H groups in total. The van der Waals surface area contributed by atoms with E-state index < -0.39 is 0 Å². The summed E-state index contributed by atoms with van der Waals surface area (Å²) in [6, 6.07) is 15.8. The first kappa shape index (κ1) is 10.7. The van der Waals surface area contributed by atoms with Crippen molar-refractivity contribution < 1.29 is 4.39 Å². The molecular formula is C13H8FNS. The Morgan fingerprint density at radius 2 is 1.69 bits per heavy atom. The lowest BCUT2D eigenvalue weighted by Crippen LogP contribution is -1.80. The summed E-state index contributed by atoms with van der Waals surface area (Å²) >= 11 is 1.35. The van der Waals surface area contributed by atoms with Gasteiger partial charge in [-0.3, -0.25) is 0 Å². The molecule has 0 aromatic heterocycles. The number of nitriles is 1. The van der Waals surface area contributed by atoms with Gasteiger partial charge in [0.15, 0.2) is 0 Å². The maximum atomic E-state index is 13.3. The van der Waals surface area contributed by atoms with Crippen LogP contribution in [0.5, 0.6) is 0 Å². The standard InChI is InChI=1S/C13H8FNS/c14-12-3-1-2-4-13(12)16-11-7-5-10(9-15)6-8-11/h1-8H. The van der Waals surface area contributed by atoms with Gasteiger partial charge in [0.1, 0.15) is 5.82 Å². The van der Waals surface area contributed by atoms with Crippen LogP contribution in [0.3, 0.4) is 0 Å². The summed E-state index contributed by atoms with van der Waals surface area (Å²) in [5.74, 6) is -0.225. The van der Waals surface area contributed by atoms with E-state index >= 15 is 0 Å². The molecule has 0 saturated carbocycles. The number of hydrogen-bond donors (Lipinski definition) is 0. The van der Waals surface area contributed by atoms with Crippen LogP contribution in [0.15, 0.2) is 58.3 Å². The van der Waals surface area contributed by atoms with Crippen LogP contribution < -0.4 is 0 Å². The molecule has 0 amide bonds. The van der Waals surface area contributed by atoms with E-state index in [1.54, 1.807) is 30.3 Å². The molecule has 2 aromatic rings. The number of benzene rings is 2. The zero-order valence-electron chi connectivity index (χ0n) is 8.35. The van der Waals surface area contributed by atoms with E-state index in [9.17, 15) is 4.39 Å². The third kappa shape index (κ3) is 2.41. The maximum Gasteiger partial charge on any atom is 0.137 e. The van der Waals surface area contributed by atoms with E-state index in [4.69, 9.17) is 5.26 Å². The average Bonchev–Trinajstić information content (AvgIpc) is 2.33. The van der Waals surface area contributed by atoms with Crippen molar-refractivity contribution in [3.8, 4) is 6.07 Å². The fourth-order valence-electron chi connectivity index (χ4n) is 1.25. The number of halogens is 1. The Balaban J connectivity index is 2.22. The lowest BCUT2D eigenvalue weighted by molar-refractivity contribution is 0.602. The normalized spacial score (nSPS) is 9.75. The highest BCUT2D eigenvalue weighted by Crippen LogP contribution is 2.29. The molecule has 16 heavy (non-hydrogen) atoms. The van der Waals surface area contributed by atoms with Crippen LogP contribution >= 0.6 is 11.8 Å². The first-order valence-corrected chi connectivity index (χ1v) is 5.54. The van der Waals surface area contributed by atoms with Crippen LogP contribution in [-0.2, 0) is 0 Å². The van der Waals surface area contributed by atoms with Crippen molar-refractivity contribution in [1.82, 2.24) is 0 Å². The van der Waals surface area contributed by atoms with Gasteiger partial charge >= 0.3 is 0 Å². The van der Waals surface area contributed by atoms with E-state index in [1.165, 1.54) is 17.8 Å². The smallest absolute Gasteiger partial charge is 0.137 e. The van der Waals surface area contributed by atoms with Gasteiger partial charge in [-0.15, -0.1) is 0 Å². The predicted molar refractivity (Wildman–Crippen MR) is 61.7 cm³/mol. The van der Waals surface area contributed by atoms with E-state index in [-0.39, 0.29) is 5.82 Å². The van der Waals surface area contributed by atoms with E-state index in [1.807, 2.05) is 18.2 Å². The molecule has 0 radical (unpaired) electrons. The molecule has 0 heterocycles. The van der Waals surface area contributed by atoms with Crippen molar-refractivity contribution in [2.24, 2.45) is 0 Å². The summed E-state index contributed by atoms with van der Waals surface area (Å²) in [4.78, 5) is 1.51. The molecule has 0 fully saturated rings. The summed E-state index contributed by atoms with van der Waals surface area (Å²) in [6.45, 7) is 0. The molecule has 2 rings (SSSR count). The second-order valence-corrected chi connectivity index (χ2v) is 4.28. The fourth-order valence-corrected chi connectivity index (χ4v) is 2.09. The minimum Gasteiger partial charge on any atom is -0.206 e. The molecule has 0 unspecified atom stereocenters. The predicted octanol–water partition coefficient (Wildman–Crippen LogP) is 3.85. The summed E-state index contributed by atoms with van der Waals surface area (Å²) < 4.78 is 13.3. The van der Waals surface area contributed by atoms with E-state index in [0.717, 1.165) is 4.90 Å². The Bertz CT molecular complexity index is 528. The molecule has 2 aromatic carbocycles. The summed E-state index contributed by atoms with van der Waals surface area (Å²) in [5, 5.41) is 8.65. The number of nitrogens with zero attached hydrogens (tertiary/aromatic N) is 1. The van der Waals surface area contributed by atoms with Crippen molar-refractivity contribution in [2.75, 3.05) is 0 Å². The molecule has 0 saturated heterocycles. The van der Waals surface area contributed by atoms with Crippen LogP contribution in [0.25, 0.3) is 0 Å². The highest BCUT2D eigenvalue weighted by atomic mass is 32.2. The molecule has 0 atom stereocenters. The summed E-state index contributed by atoms with van der Waals surface area (Å²) in [6.07, 6.45) is 0. The summed E-state index contributed by atoms with van der Waals surface area (Å²) in [7, 11) is 0. The highest BCUT2D eigenvalue weighted by molar-refractivity contribution is 7.99. The SMILES string of the molecule is N#Cc1ccc(Sc2ccccc2F)cc1. The van der Waals surface area contributed by atoms with Gasteiger partial charge < -0.3 is 0 Å². The lowest BCUT2D eigenvalue weighted by Gasteiger charge is -2.02. The van der Waals surface area contributed by atoms with Crippen molar-refractivity contribution in [1.29, 1.82) is 5.26 Å². The lowest BCUT2D eigenvalue weighted by atomic mass is 10.2. The number of hydrogen-bond acceptors (Lipinski definition) is 2. The minimum atomic E-state index is -0.225. The first-order chi connectivity index (χ1) is 7.79. The molecule has 0 aliphatic rings. The highest BCUT2D eigenvalue weighted by Gasteiger charge is 2.02. The Morgan fingerprint density at radius 1 is 1.00 bits per heavy atom. The molecule has 0 bridgehead atoms. The van der Waals surface area contributed by atoms with Crippen molar-refractivity contribution >= 4 is 11.8 Å².